The van der Waals surface area contributed by atoms with Crippen molar-refractivity contribution in [3.05, 3.63) is 0 Å². The van der Waals surface area contributed by atoms with Crippen molar-refractivity contribution in [3.63, 3.8) is 0 Å². The Balaban J connectivity index is 2.57. The molecule has 13 heavy (non-hydrogen) atoms. The predicted molar refractivity (Wildman–Crippen MR) is 57.2 cm³/mol. The first-order chi connectivity index (χ1) is 6.25. The summed E-state index contributed by atoms with van der Waals surface area (Å²) in [6, 6.07) is 0.299. The normalized spacial score (nSPS) is 22.1. The number of nitrogens with two attached hydrogens (primary N) is 1. The molecule has 74 valence electrons. The molecule has 0 aliphatic heterocycles. The van der Waals surface area contributed by atoms with E-state index in [1.165, 1.54) is 32.1 Å². The second-order valence-corrected chi connectivity index (χ2v) is 4.16. The maximum Gasteiger partial charge on any atom is 0.0246 e. The Morgan fingerprint density at radius 2 is 2.00 bits per heavy atom. The molecule has 1 rings (SSSR count). The summed E-state index contributed by atoms with van der Waals surface area (Å²) in [5.41, 5.74) is 6.63. The topological polar surface area (TPSA) is 26.0 Å². The molecule has 2 N–H and O–H groups in total. The van der Waals surface area contributed by atoms with Gasteiger partial charge >= 0.3 is 0 Å². The lowest BCUT2D eigenvalue weighted by Crippen LogP contribution is -2.39. The fourth-order valence-electron chi connectivity index (χ4n) is 2.49. The molecular formula is C12H21N. The van der Waals surface area contributed by atoms with Gasteiger partial charge in [0.15, 0.2) is 0 Å². The zero-order valence-corrected chi connectivity index (χ0v) is 8.90. The average Bonchev–Trinajstić information content (AvgIpc) is 2.63. The van der Waals surface area contributed by atoms with Crippen LogP contribution in [0.2, 0.25) is 0 Å². The summed E-state index contributed by atoms with van der Waals surface area (Å²) >= 11 is 0. The van der Waals surface area contributed by atoms with Gasteiger partial charge in [-0.3, -0.25) is 0 Å². The molecule has 1 saturated carbocycles. The third-order valence-electron chi connectivity index (χ3n) is 3.59. The second-order valence-electron chi connectivity index (χ2n) is 4.16. The first-order valence-corrected chi connectivity index (χ1v) is 5.40. The second kappa shape index (κ2) is 4.67. The molecule has 0 heterocycles. The third-order valence-corrected chi connectivity index (χ3v) is 3.59. The summed E-state index contributed by atoms with van der Waals surface area (Å²) in [5.74, 6) is 6.04. The Kier molecular flexibility index (Phi) is 3.81. The highest BCUT2D eigenvalue weighted by molar-refractivity contribution is 5.03. The van der Waals surface area contributed by atoms with Crippen molar-refractivity contribution in [1.82, 2.24) is 0 Å². The lowest BCUT2D eigenvalue weighted by Gasteiger charge is -2.33. The maximum absolute atomic E-state index is 6.21. The SMILES string of the molecule is CC#CCC(N)C1(CC)CCCC1. The van der Waals surface area contributed by atoms with Crippen molar-refractivity contribution in [1.29, 1.82) is 0 Å². The summed E-state index contributed by atoms with van der Waals surface area (Å²) in [7, 11) is 0. The van der Waals surface area contributed by atoms with Crippen LogP contribution in [0.15, 0.2) is 0 Å². The van der Waals surface area contributed by atoms with E-state index in [0.717, 1.165) is 6.42 Å². The summed E-state index contributed by atoms with van der Waals surface area (Å²) < 4.78 is 0. The van der Waals surface area contributed by atoms with Crippen LogP contribution in [0.4, 0.5) is 0 Å². The highest BCUT2D eigenvalue weighted by Gasteiger charge is 2.37. The molecule has 0 radical (unpaired) electrons. The molecule has 1 heteroatoms. The van der Waals surface area contributed by atoms with Gasteiger partial charge in [0.1, 0.15) is 0 Å². The molecular weight excluding hydrogens is 158 g/mol. The standard InChI is InChI=1S/C12H21N/c1-3-5-8-11(13)12(4-2)9-6-7-10-12/h11H,4,6-10,13H2,1-2H3. The van der Waals surface area contributed by atoms with Crippen molar-refractivity contribution in [3.8, 4) is 11.8 Å². The molecule has 0 aromatic heterocycles. The van der Waals surface area contributed by atoms with Crippen molar-refractivity contribution in [2.75, 3.05) is 0 Å². The van der Waals surface area contributed by atoms with E-state index in [1.807, 2.05) is 6.92 Å². The van der Waals surface area contributed by atoms with Gasteiger partial charge in [-0.05, 0) is 31.6 Å². The van der Waals surface area contributed by atoms with Crippen LogP contribution in [0.1, 0.15) is 52.4 Å². The van der Waals surface area contributed by atoms with Crippen LogP contribution in [0.25, 0.3) is 0 Å². The molecule has 0 bridgehead atoms. The van der Waals surface area contributed by atoms with E-state index in [1.54, 1.807) is 0 Å². The van der Waals surface area contributed by atoms with Crippen molar-refractivity contribution in [2.45, 2.75) is 58.4 Å². The van der Waals surface area contributed by atoms with E-state index in [0.29, 0.717) is 11.5 Å². The Bertz CT molecular complexity index is 203. The van der Waals surface area contributed by atoms with E-state index in [4.69, 9.17) is 5.73 Å². The van der Waals surface area contributed by atoms with Crippen molar-refractivity contribution in [2.24, 2.45) is 11.1 Å². The Morgan fingerprint density at radius 1 is 1.38 bits per heavy atom. The van der Waals surface area contributed by atoms with Gasteiger partial charge in [0, 0.05) is 12.5 Å². The summed E-state index contributed by atoms with van der Waals surface area (Å²) in [6.07, 6.45) is 7.46. The van der Waals surface area contributed by atoms with Gasteiger partial charge in [0.25, 0.3) is 0 Å². The monoisotopic (exact) mass is 179 g/mol. The van der Waals surface area contributed by atoms with Crippen LogP contribution in [0, 0.1) is 17.3 Å². The minimum atomic E-state index is 0.299. The van der Waals surface area contributed by atoms with E-state index in [2.05, 4.69) is 18.8 Å². The van der Waals surface area contributed by atoms with E-state index in [9.17, 15) is 0 Å². The number of hydrogen-bond acceptors (Lipinski definition) is 1. The molecule has 0 saturated heterocycles. The number of hydrogen-bond donors (Lipinski definition) is 1. The molecule has 0 aromatic carbocycles. The first kappa shape index (κ1) is 10.6. The van der Waals surface area contributed by atoms with Gasteiger partial charge in [0.05, 0.1) is 0 Å². The lowest BCUT2D eigenvalue weighted by molar-refractivity contribution is 0.222. The average molecular weight is 179 g/mol. The molecule has 0 spiro atoms. The van der Waals surface area contributed by atoms with Crippen molar-refractivity contribution < 1.29 is 0 Å². The largest absolute Gasteiger partial charge is 0.326 e. The molecule has 1 atom stereocenters. The smallest absolute Gasteiger partial charge is 0.0246 e. The molecule has 1 aliphatic carbocycles. The summed E-state index contributed by atoms with van der Waals surface area (Å²) in [5, 5.41) is 0. The number of rotatable bonds is 3. The summed E-state index contributed by atoms with van der Waals surface area (Å²) in [6.45, 7) is 4.16. The zero-order chi connectivity index (χ0) is 9.73. The first-order valence-electron chi connectivity index (χ1n) is 5.40. The summed E-state index contributed by atoms with van der Waals surface area (Å²) in [4.78, 5) is 0. The van der Waals surface area contributed by atoms with Crippen LogP contribution in [-0.4, -0.2) is 6.04 Å². The van der Waals surface area contributed by atoms with Gasteiger partial charge in [-0.2, -0.15) is 0 Å². The molecule has 0 amide bonds. The van der Waals surface area contributed by atoms with E-state index >= 15 is 0 Å². The van der Waals surface area contributed by atoms with Gasteiger partial charge in [0.2, 0.25) is 0 Å². The lowest BCUT2D eigenvalue weighted by atomic mass is 9.75. The molecule has 0 aromatic rings. The Morgan fingerprint density at radius 3 is 2.46 bits per heavy atom. The van der Waals surface area contributed by atoms with Gasteiger partial charge in [-0.1, -0.05) is 19.8 Å². The van der Waals surface area contributed by atoms with Crippen LogP contribution < -0.4 is 5.73 Å². The van der Waals surface area contributed by atoms with Crippen molar-refractivity contribution >= 4 is 0 Å². The fraction of sp³-hybridized carbons (Fsp3) is 0.833. The quantitative estimate of drug-likeness (QED) is 0.662. The molecule has 1 aliphatic rings. The minimum absolute atomic E-state index is 0.299. The van der Waals surface area contributed by atoms with Gasteiger partial charge in [-0.15, -0.1) is 11.8 Å². The fourth-order valence-corrected chi connectivity index (χ4v) is 2.49. The van der Waals surface area contributed by atoms with E-state index < -0.39 is 0 Å². The van der Waals surface area contributed by atoms with Gasteiger partial charge in [-0.25, -0.2) is 0 Å². The maximum atomic E-state index is 6.21. The van der Waals surface area contributed by atoms with Crippen LogP contribution in [0.5, 0.6) is 0 Å². The van der Waals surface area contributed by atoms with E-state index in [-0.39, 0.29) is 0 Å². The van der Waals surface area contributed by atoms with Crippen LogP contribution in [-0.2, 0) is 0 Å². The Hall–Kier alpha value is -0.480. The Labute approximate surface area is 82.1 Å². The molecule has 1 nitrogen and oxygen atoms in total. The molecule has 1 fully saturated rings. The highest BCUT2D eigenvalue weighted by atomic mass is 14.7. The highest BCUT2D eigenvalue weighted by Crippen LogP contribution is 2.43. The molecule has 1 unspecified atom stereocenters. The van der Waals surface area contributed by atoms with Crippen LogP contribution >= 0.6 is 0 Å². The van der Waals surface area contributed by atoms with Gasteiger partial charge < -0.3 is 5.73 Å². The predicted octanol–water partition coefficient (Wildman–Crippen LogP) is 2.70. The third kappa shape index (κ3) is 2.25. The minimum Gasteiger partial charge on any atom is -0.326 e. The van der Waals surface area contributed by atoms with Crippen LogP contribution in [0.3, 0.4) is 0 Å². The zero-order valence-electron chi connectivity index (χ0n) is 8.90.